The second-order valence-electron chi connectivity index (χ2n) is 2.85. The lowest BCUT2D eigenvalue weighted by molar-refractivity contribution is 1.00. The Morgan fingerprint density at radius 3 is 3.07 bits per heavy atom. The van der Waals surface area contributed by atoms with Gasteiger partial charge < -0.3 is 5.32 Å². The van der Waals surface area contributed by atoms with E-state index in [0.29, 0.717) is 6.54 Å². The summed E-state index contributed by atoms with van der Waals surface area (Å²) < 4.78 is 0. The van der Waals surface area contributed by atoms with Crippen LogP contribution < -0.4 is 5.32 Å². The first-order chi connectivity index (χ1) is 6.84. The van der Waals surface area contributed by atoms with Crippen molar-refractivity contribution in [1.82, 2.24) is 15.0 Å². The van der Waals surface area contributed by atoms with E-state index in [-0.39, 0.29) is 0 Å². The Kier molecular flexibility index (Phi) is 2.69. The maximum absolute atomic E-state index is 4.29. The molecule has 0 saturated heterocycles. The molecule has 2 aromatic rings. The molecule has 0 aliphatic rings. The highest BCUT2D eigenvalue weighted by Crippen LogP contribution is 2.14. The van der Waals surface area contributed by atoms with Crippen molar-refractivity contribution in [3.63, 3.8) is 0 Å². The average molecular weight is 206 g/mol. The normalized spacial score (nSPS) is 10.1. The van der Waals surface area contributed by atoms with Crippen molar-refractivity contribution in [2.45, 2.75) is 13.5 Å². The van der Waals surface area contributed by atoms with Crippen LogP contribution in [-0.4, -0.2) is 15.0 Å². The summed E-state index contributed by atoms with van der Waals surface area (Å²) in [6.45, 7) is 2.67. The lowest BCUT2D eigenvalue weighted by atomic mass is 10.4. The zero-order chi connectivity index (χ0) is 9.80. The molecule has 0 bridgehead atoms. The molecule has 72 valence electrons. The summed E-state index contributed by atoms with van der Waals surface area (Å²) in [6, 6.07) is 1.88. The number of rotatable bonds is 3. The smallest absolute Gasteiger partial charge is 0.183 e. The Labute approximate surface area is 86.1 Å². The maximum Gasteiger partial charge on any atom is 0.183 e. The van der Waals surface area contributed by atoms with E-state index in [2.05, 4.69) is 20.3 Å². The Bertz CT molecular complexity index is 398. The molecule has 14 heavy (non-hydrogen) atoms. The molecule has 0 unspecified atom stereocenters. The fourth-order valence-corrected chi connectivity index (χ4v) is 1.71. The lowest BCUT2D eigenvalue weighted by Gasteiger charge is -2.00. The average Bonchev–Trinajstić information content (AvgIpc) is 2.63. The van der Waals surface area contributed by atoms with Crippen molar-refractivity contribution in [2.24, 2.45) is 0 Å². The number of hydrogen-bond acceptors (Lipinski definition) is 5. The van der Waals surface area contributed by atoms with Crippen LogP contribution in [0.25, 0.3) is 0 Å². The molecule has 5 heteroatoms. The summed E-state index contributed by atoms with van der Waals surface area (Å²) in [5, 5.41) is 6.15. The highest BCUT2D eigenvalue weighted by molar-refractivity contribution is 7.13. The molecule has 0 spiro atoms. The predicted molar refractivity (Wildman–Crippen MR) is 56.2 cm³/mol. The highest BCUT2D eigenvalue weighted by Gasteiger charge is 1.97. The number of aromatic nitrogens is 3. The third-order valence-electron chi connectivity index (χ3n) is 1.68. The van der Waals surface area contributed by atoms with Crippen LogP contribution in [0.5, 0.6) is 0 Å². The van der Waals surface area contributed by atoms with Crippen LogP contribution >= 0.6 is 11.3 Å². The molecule has 0 aromatic carbocycles. The number of nitrogens with one attached hydrogen (secondary N) is 1. The molecule has 0 saturated carbocycles. The molecule has 0 atom stereocenters. The van der Waals surface area contributed by atoms with Gasteiger partial charge in [0, 0.05) is 11.6 Å². The van der Waals surface area contributed by atoms with Crippen LogP contribution in [0.15, 0.2) is 24.0 Å². The van der Waals surface area contributed by atoms with Gasteiger partial charge in [-0.2, -0.15) is 0 Å². The van der Waals surface area contributed by atoms with Gasteiger partial charge in [0.15, 0.2) is 5.13 Å². The quantitative estimate of drug-likeness (QED) is 0.832. The fourth-order valence-electron chi connectivity index (χ4n) is 1.02. The summed E-state index contributed by atoms with van der Waals surface area (Å²) in [6.07, 6.45) is 3.28. The fraction of sp³-hybridized carbons (Fsp3) is 0.222. The van der Waals surface area contributed by atoms with Gasteiger partial charge in [-0.05, 0) is 13.0 Å². The second kappa shape index (κ2) is 4.15. The van der Waals surface area contributed by atoms with E-state index in [1.807, 2.05) is 18.4 Å². The monoisotopic (exact) mass is 206 g/mol. The van der Waals surface area contributed by atoms with Crippen molar-refractivity contribution in [1.29, 1.82) is 0 Å². The number of anilines is 1. The summed E-state index contributed by atoms with van der Waals surface area (Å²) in [4.78, 5) is 12.2. The molecular formula is C9H10N4S. The van der Waals surface area contributed by atoms with E-state index in [4.69, 9.17) is 0 Å². The zero-order valence-corrected chi connectivity index (χ0v) is 8.58. The van der Waals surface area contributed by atoms with Crippen LogP contribution in [-0.2, 0) is 6.54 Å². The van der Waals surface area contributed by atoms with Gasteiger partial charge in [0.2, 0.25) is 0 Å². The number of hydrogen-bond donors (Lipinski definition) is 1. The van der Waals surface area contributed by atoms with Gasteiger partial charge in [0.25, 0.3) is 0 Å². The van der Waals surface area contributed by atoms with Crippen LogP contribution in [0, 0.1) is 6.92 Å². The van der Waals surface area contributed by atoms with Gasteiger partial charge in [0.1, 0.15) is 6.33 Å². The van der Waals surface area contributed by atoms with E-state index in [0.717, 1.165) is 16.5 Å². The van der Waals surface area contributed by atoms with E-state index < -0.39 is 0 Å². The van der Waals surface area contributed by atoms with Crippen molar-refractivity contribution in [3.8, 4) is 0 Å². The Morgan fingerprint density at radius 1 is 1.50 bits per heavy atom. The van der Waals surface area contributed by atoms with Gasteiger partial charge in [-0.25, -0.2) is 15.0 Å². The predicted octanol–water partition coefficient (Wildman–Crippen LogP) is 1.85. The molecule has 0 aliphatic heterocycles. The van der Waals surface area contributed by atoms with Crippen molar-refractivity contribution in [3.05, 3.63) is 35.4 Å². The van der Waals surface area contributed by atoms with E-state index in [1.165, 1.54) is 0 Å². The summed E-state index contributed by atoms with van der Waals surface area (Å²) in [5.41, 5.74) is 2.01. The summed E-state index contributed by atoms with van der Waals surface area (Å²) in [5.74, 6) is 0. The second-order valence-corrected chi connectivity index (χ2v) is 3.71. The Balaban J connectivity index is 1.95. The minimum atomic E-state index is 0.690. The Hall–Kier alpha value is -1.49. The largest absolute Gasteiger partial charge is 0.356 e. The molecule has 0 aliphatic carbocycles. The van der Waals surface area contributed by atoms with Crippen LogP contribution in [0.2, 0.25) is 0 Å². The SMILES string of the molecule is Cc1csc(NCc2ccncn2)n1. The first-order valence-corrected chi connectivity index (χ1v) is 5.13. The summed E-state index contributed by atoms with van der Waals surface area (Å²) in [7, 11) is 0. The molecule has 4 nitrogen and oxygen atoms in total. The maximum atomic E-state index is 4.29. The van der Waals surface area contributed by atoms with Crippen molar-refractivity contribution < 1.29 is 0 Å². The van der Waals surface area contributed by atoms with Crippen LogP contribution in [0.4, 0.5) is 5.13 Å². The topological polar surface area (TPSA) is 50.7 Å². The van der Waals surface area contributed by atoms with Crippen molar-refractivity contribution in [2.75, 3.05) is 5.32 Å². The molecule has 0 fully saturated rings. The summed E-state index contributed by atoms with van der Waals surface area (Å²) >= 11 is 1.60. The minimum absolute atomic E-state index is 0.690. The lowest BCUT2D eigenvalue weighted by Crippen LogP contribution is -2.01. The third-order valence-corrected chi connectivity index (χ3v) is 2.60. The van der Waals surface area contributed by atoms with Crippen LogP contribution in [0.3, 0.4) is 0 Å². The standard InChI is InChI=1S/C9H10N4S/c1-7-5-14-9(13-7)11-4-8-2-3-10-6-12-8/h2-3,5-6H,4H2,1H3,(H,11,13). The van der Waals surface area contributed by atoms with Crippen molar-refractivity contribution >= 4 is 16.5 Å². The zero-order valence-electron chi connectivity index (χ0n) is 7.77. The Morgan fingerprint density at radius 2 is 2.43 bits per heavy atom. The molecule has 2 aromatic heterocycles. The molecular weight excluding hydrogens is 196 g/mol. The number of nitrogens with zero attached hydrogens (tertiary/aromatic N) is 3. The van der Waals surface area contributed by atoms with Gasteiger partial charge in [-0.3, -0.25) is 0 Å². The molecule has 0 amide bonds. The van der Waals surface area contributed by atoms with E-state index >= 15 is 0 Å². The third kappa shape index (κ3) is 2.26. The number of aryl methyl sites for hydroxylation is 1. The van der Waals surface area contributed by atoms with Crippen LogP contribution in [0.1, 0.15) is 11.4 Å². The molecule has 0 radical (unpaired) electrons. The number of thiazole rings is 1. The van der Waals surface area contributed by atoms with Gasteiger partial charge in [0.05, 0.1) is 17.9 Å². The molecule has 2 rings (SSSR count). The molecule has 1 N–H and O–H groups in total. The minimum Gasteiger partial charge on any atom is -0.356 e. The van der Waals surface area contributed by atoms with E-state index in [9.17, 15) is 0 Å². The highest BCUT2D eigenvalue weighted by atomic mass is 32.1. The van der Waals surface area contributed by atoms with Gasteiger partial charge in [-0.15, -0.1) is 11.3 Å². The van der Waals surface area contributed by atoms with E-state index in [1.54, 1.807) is 23.9 Å². The van der Waals surface area contributed by atoms with Gasteiger partial charge >= 0.3 is 0 Å². The van der Waals surface area contributed by atoms with Gasteiger partial charge in [-0.1, -0.05) is 0 Å². The molecule has 2 heterocycles. The first kappa shape index (κ1) is 9.08. The first-order valence-electron chi connectivity index (χ1n) is 4.25.